The quantitative estimate of drug-likeness (QED) is 0.123. The number of pyridine rings is 2. The van der Waals surface area contributed by atoms with Gasteiger partial charge in [-0.25, -0.2) is 0 Å². The first-order valence-electron chi connectivity index (χ1n) is 17.3. The molecule has 3 aromatic heterocycles. The topological polar surface area (TPSA) is 38.9 Å². The Morgan fingerprint density at radius 2 is 1.45 bits per heavy atom. The number of halogens is 1. The summed E-state index contributed by atoms with van der Waals surface area (Å²) in [5.74, 6) is 0.0977. The summed E-state index contributed by atoms with van der Waals surface area (Å²) in [7, 11) is -1.49. The molecule has 1 unspecified atom stereocenters. The second-order valence-corrected chi connectivity index (χ2v) is 20.4. The maximum absolute atomic E-state index is 14.4. The Hall–Kier alpha value is -4.22. The fraction of sp³-hybridized carbons (Fsp3) is 0.244. The van der Waals surface area contributed by atoms with Crippen LogP contribution in [0.15, 0.2) is 114 Å². The van der Waals surface area contributed by atoms with Gasteiger partial charge in [0.2, 0.25) is 0 Å². The number of nitrogens with zero attached hydrogens (tertiary/aromatic N) is 2. The monoisotopic (exact) mass is 869 g/mol. The number of aryl methyl sites for hydroxylation is 1. The molecule has 3 heterocycles. The molecule has 0 amide bonds. The van der Waals surface area contributed by atoms with Crippen LogP contribution in [0.25, 0.3) is 44.5 Å². The summed E-state index contributed by atoms with van der Waals surface area (Å²) in [6, 6.07) is 39.0. The van der Waals surface area contributed by atoms with Gasteiger partial charge in [0, 0.05) is 42.9 Å². The number of para-hydroxylation sites is 1. The molecular formula is C45H45FIrN2OSi-2. The minimum atomic E-state index is -1.49. The largest absolute Gasteiger partial charge is 0.455 e. The molecule has 0 saturated heterocycles. The molecule has 0 N–H and O–H groups in total. The van der Waals surface area contributed by atoms with E-state index in [9.17, 15) is 4.39 Å². The minimum absolute atomic E-state index is 0. The van der Waals surface area contributed by atoms with E-state index in [1.165, 1.54) is 21.9 Å². The number of furan rings is 1. The Bertz CT molecular complexity index is 2270. The molecule has 1 atom stereocenters. The van der Waals surface area contributed by atoms with Gasteiger partial charge in [-0.1, -0.05) is 132 Å². The summed E-state index contributed by atoms with van der Waals surface area (Å²) >= 11 is 0. The average Bonchev–Trinajstić information content (AvgIpc) is 3.47. The van der Waals surface area contributed by atoms with Gasteiger partial charge in [-0.15, -0.1) is 53.6 Å². The standard InChI is InChI=1S/C25H18NO.C20H27FNSi.Ir/c1-17(18-8-3-2-4-9-18)19-10-7-11-20(14-19)23-15-22-21-12-5-6-13-24(21)27-25(22)16-26-23;1-14-9-8-10-16(19(14)21)17-11-15(12-20(2,3)4)18(13-22-17)23(5,6)7;/h2-10,12-17H,1H3;8-9,11,13H,12H2,1-7H3;/q2*-1;. The molecule has 0 aliphatic heterocycles. The van der Waals surface area contributed by atoms with E-state index >= 15 is 0 Å². The summed E-state index contributed by atoms with van der Waals surface area (Å²) in [4.78, 5) is 9.19. The summed E-state index contributed by atoms with van der Waals surface area (Å²) < 4.78 is 20.3. The van der Waals surface area contributed by atoms with Gasteiger partial charge in [-0.05, 0) is 46.0 Å². The SMILES string of the molecule is CC(c1ccccc1)c1cc[c-]c(-c2cc3c(cn2)oc2ccccc23)c1.Cc1cc[c-]c(-c2cc(CC(C)(C)C)c([Si](C)(C)C)cn2)c1F.[Ir]. The molecule has 0 saturated carbocycles. The van der Waals surface area contributed by atoms with Crippen LogP contribution in [-0.4, -0.2) is 18.0 Å². The molecular weight excluding hydrogens is 824 g/mol. The van der Waals surface area contributed by atoms with Crippen LogP contribution in [0, 0.1) is 30.3 Å². The molecule has 51 heavy (non-hydrogen) atoms. The van der Waals surface area contributed by atoms with Crippen molar-refractivity contribution in [2.75, 3.05) is 0 Å². The van der Waals surface area contributed by atoms with Crippen LogP contribution < -0.4 is 5.19 Å². The number of rotatable bonds is 6. The predicted molar refractivity (Wildman–Crippen MR) is 209 cm³/mol. The van der Waals surface area contributed by atoms with Crippen molar-refractivity contribution in [3.05, 3.63) is 150 Å². The van der Waals surface area contributed by atoms with Gasteiger partial charge in [0.1, 0.15) is 5.58 Å². The van der Waals surface area contributed by atoms with Crippen molar-refractivity contribution in [1.29, 1.82) is 0 Å². The zero-order valence-corrected chi connectivity index (χ0v) is 34.1. The van der Waals surface area contributed by atoms with Crippen LogP contribution in [0.2, 0.25) is 19.6 Å². The Morgan fingerprint density at radius 3 is 2.18 bits per heavy atom. The summed E-state index contributed by atoms with van der Waals surface area (Å²) in [5.41, 5.74) is 9.46. The maximum Gasteiger partial charge on any atom is 0.151 e. The summed E-state index contributed by atoms with van der Waals surface area (Å²) in [5, 5.41) is 3.57. The van der Waals surface area contributed by atoms with Crippen LogP contribution in [0.4, 0.5) is 4.39 Å². The van der Waals surface area contributed by atoms with Crippen molar-refractivity contribution in [2.45, 2.75) is 66.6 Å². The van der Waals surface area contributed by atoms with Gasteiger partial charge < -0.3 is 14.4 Å². The summed E-state index contributed by atoms with van der Waals surface area (Å²) in [6.07, 6.45) is 4.75. The van der Waals surface area contributed by atoms with Gasteiger partial charge in [0.15, 0.2) is 5.58 Å². The van der Waals surface area contributed by atoms with Gasteiger partial charge in [0.25, 0.3) is 0 Å². The van der Waals surface area contributed by atoms with Crippen LogP contribution >= 0.6 is 0 Å². The first-order chi connectivity index (χ1) is 23.8. The minimum Gasteiger partial charge on any atom is -0.455 e. The van der Waals surface area contributed by atoms with Crippen LogP contribution in [0.5, 0.6) is 0 Å². The van der Waals surface area contributed by atoms with Crippen molar-refractivity contribution in [3.63, 3.8) is 0 Å². The number of hydrogen-bond donors (Lipinski definition) is 0. The molecule has 7 aromatic rings. The number of fused-ring (bicyclic) bond motifs is 3. The van der Waals surface area contributed by atoms with E-state index in [1.54, 1.807) is 19.1 Å². The molecule has 4 aromatic carbocycles. The van der Waals surface area contributed by atoms with Gasteiger partial charge in [-0.2, -0.15) is 0 Å². The van der Waals surface area contributed by atoms with Gasteiger partial charge in [0.05, 0.1) is 14.3 Å². The van der Waals surface area contributed by atoms with E-state index < -0.39 is 8.07 Å². The maximum atomic E-state index is 14.4. The normalized spacial score (nSPS) is 12.3. The zero-order valence-electron chi connectivity index (χ0n) is 30.7. The Morgan fingerprint density at radius 1 is 0.765 bits per heavy atom. The first-order valence-corrected chi connectivity index (χ1v) is 20.8. The Balaban J connectivity index is 0.000000197. The third kappa shape index (κ3) is 8.81. The third-order valence-electron chi connectivity index (χ3n) is 9.07. The molecule has 1 radical (unpaired) electrons. The van der Waals surface area contributed by atoms with Crippen molar-refractivity contribution in [2.24, 2.45) is 5.41 Å². The molecule has 0 aliphatic carbocycles. The van der Waals surface area contributed by atoms with Gasteiger partial charge in [-0.3, -0.25) is 4.39 Å². The average molecular weight is 869 g/mol. The zero-order chi connectivity index (χ0) is 35.6. The van der Waals surface area contributed by atoms with E-state index in [1.807, 2.05) is 36.7 Å². The van der Waals surface area contributed by atoms with E-state index in [4.69, 9.17) is 4.42 Å². The molecule has 7 rings (SSSR count). The van der Waals surface area contributed by atoms with E-state index in [0.717, 1.165) is 39.6 Å². The molecule has 3 nitrogen and oxygen atoms in total. The molecule has 0 bridgehead atoms. The fourth-order valence-corrected chi connectivity index (χ4v) is 7.99. The molecule has 0 aliphatic rings. The van der Waals surface area contributed by atoms with E-state index in [2.05, 4.69) is 130 Å². The van der Waals surface area contributed by atoms with Crippen LogP contribution in [0.3, 0.4) is 0 Å². The van der Waals surface area contributed by atoms with E-state index in [0.29, 0.717) is 22.7 Å². The smallest absolute Gasteiger partial charge is 0.151 e. The van der Waals surface area contributed by atoms with Crippen molar-refractivity contribution < 1.29 is 28.9 Å². The number of aromatic nitrogens is 2. The van der Waals surface area contributed by atoms with E-state index in [-0.39, 0.29) is 31.3 Å². The fourth-order valence-electron chi connectivity index (χ4n) is 6.41. The first kappa shape index (κ1) is 38.0. The Labute approximate surface area is 316 Å². The van der Waals surface area contributed by atoms with Crippen molar-refractivity contribution in [3.8, 4) is 22.5 Å². The molecule has 263 valence electrons. The van der Waals surface area contributed by atoms with Crippen LogP contribution in [0.1, 0.15) is 55.9 Å². The summed E-state index contributed by atoms with van der Waals surface area (Å²) in [6.45, 7) is 17.7. The molecule has 6 heteroatoms. The van der Waals surface area contributed by atoms with Crippen LogP contribution in [-0.2, 0) is 26.5 Å². The Kier molecular flexibility index (Phi) is 11.6. The second-order valence-electron chi connectivity index (χ2n) is 15.4. The number of hydrogen-bond acceptors (Lipinski definition) is 3. The number of benzene rings is 4. The molecule has 0 spiro atoms. The third-order valence-corrected chi connectivity index (χ3v) is 11.1. The molecule has 0 fully saturated rings. The van der Waals surface area contributed by atoms with Gasteiger partial charge >= 0.3 is 0 Å². The van der Waals surface area contributed by atoms with Crippen molar-refractivity contribution >= 4 is 35.2 Å². The predicted octanol–water partition coefficient (Wildman–Crippen LogP) is 11.7. The second kappa shape index (κ2) is 15.6. The van der Waals surface area contributed by atoms with Crippen molar-refractivity contribution in [1.82, 2.24) is 9.97 Å².